The molecule has 0 aliphatic carbocycles. The van der Waals surface area contributed by atoms with Gasteiger partial charge < -0.3 is 4.90 Å². The third-order valence-electron chi connectivity index (χ3n) is 4.93. The van der Waals surface area contributed by atoms with Gasteiger partial charge in [-0.2, -0.15) is 14.9 Å². The number of hydrazone groups is 1. The number of carbonyl (C=O) groups excluding carboxylic acids is 1. The Hall–Kier alpha value is -2.34. The summed E-state index contributed by atoms with van der Waals surface area (Å²) in [4.78, 5) is 27.1. The zero-order valence-electron chi connectivity index (χ0n) is 16.0. The molecular formula is C18H18ClIN8O. The normalized spacial score (nSPS) is 15.6. The minimum atomic E-state index is -0.169. The fourth-order valence-electron chi connectivity index (χ4n) is 3.26. The van der Waals surface area contributed by atoms with Gasteiger partial charge in [0.25, 0.3) is 0 Å². The largest absolute Gasteiger partial charge is 0.349 e. The van der Waals surface area contributed by atoms with Crippen molar-refractivity contribution < 1.29 is 4.79 Å². The van der Waals surface area contributed by atoms with Crippen molar-refractivity contribution >= 4 is 62.7 Å². The summed E-state index contributed by atoms with van der Waals surface area (Å²) < 4.78 is 2.66. The molecule has 0 bridgehead atoms. The van der Waals surface area contributed by atoms with E-state index in [2.05, 4.69) is 47.7 Å². The zero-order valence-corrected chi connectivity index (χ0v) is 19.0. The molecular weight excluding hydrogens is 507 g/mol. The smallest absolute Gasteiger partial charge is 0.242 e. The first-order valence-corrected chi connectivity index (χ1v) is 10.4. The quantitative estimate of drug-likeness (QED) is 0.489. The third-order valence-corrected chi connectivity index (χ3v) is 5.97. The van der Waals surface area contributed by atoms with Gasteiger partial charge in [-0.3, -0.25) is 4.79 Å². The summed E-state index contributed by atoms with van der Waals surface area (Å²) in [5.41, 5.74) is 0.845. The van der Waals surface area contributed by atoms with Crippen LogP contribution >= 0.6 is 34.2 Å². The Balaban J connectivity index is 1.73. The van der Waals surface area contributed by atoms with Crippen LogP contribution in [-0.4, -0.2) is 55.6 Å². The highest BCUT2D eigenvalue weighted by atomic mass is 127. The second-order valence-corrected chi connectivity index (χ2v) is 8.33. The van der Waals surface area contributed by atoms with Crippen molar-refractivity contribution in [1.29, 1.82) is 0 Å². The van der Waals surface area contributed by atoms with Crippen LogP contribution in [0.5, 0.6) is 0 Å². The maximum atomic E-state index is 11.7. The van der Waals surface area contributed by atoms with Gasteiger partial charge in [-0.05, 0) is 41.6 Å². The molecule has 1 aliphatic heterocycles. The molecule has 0 saturated heterocycles. The number of aromatic nitrogens is 5. The first-order chi connectivity index (χ1) is 13.9. The van der Waals surface area contributed by atoms with E-state index in [1.807, 2.05) is 31.0 Å². The minimum Gasteiger partial charge on any atom is -0.349 e. The van der Waals surface area contributed by atoms with Crippen molar-refractivity contribution in [3.63, 3.8) is 0 Å². The summed E-state index contributed by atoms with van der Waals surface area (Å²) in [6, 6.07) is 3.58. The van der Waals surface area contributed by atoms with Crippen LogP contribution in [0.25, 0.3) is 10.9 Å². The average Bonchev–Trinajstić information content (AvgIpc) is 3.18. The standard InChI is InChI=1S/C18H18ClIN8O/c1-10(17-23-9-24-28(17)14-4-5-15(29)27(3)25-14)26(2)18-12-6-11(19)7-13(20)16(12)21-8-22-18/h6-10H,4-5H2,1-3H3. The lowest BCUT2D eigenvalue weighted by Crippen LogP contribution is -2.34. The Bertz CT molecular complexity index is 1130. The molecule has 1 amide bonds. The highest BCUT2D eigenvalue weighted by Crippen LogP contribution is 2.32. The van der Waals surface area contributed by atoms with Gasteiger partial charge in [0.1, 0.15) is 18.5 Å². The van der Waals surface area contributed by atoms with E-state index in [4.69, 9.17) is 11.6 Å². The number of nitrogens with zero attached hydrogens (tertiary/aromatic N) is 8. The predicted molar refractivity (Wildman–Crippen MR) is 119 cm³/mol. The van der Waals surface area contributed by atoms with Crippen molar-refractivity contribution in [2.45, 2.75) is 25.8 Å². The summed E-state index contributed by atoms with van der Waals surface area (Å²) in [6.07, 6.45) is 3.95. The van der Waals surface area contributed by atoms with E-state index in [-0.39, 0.29) is 11.9 Å². The van der Waals surface area contributed by atoms with E-state index in [1.54, 1.807) is 18.1 Å². The van der Waals surface area contributed by atoms with Gasteiger partial charge >= 0.3 is 0 Å². The molecule has 4 rings (SSSR count). The van der Waals surface area contributed by atoms with Crippen molar-refractivity contribution in [2.75, 3.05) is 19.0 Å². The number of hydrogen-bond acceptors (Lipinski definition) is 7. The van der Waals surface area contributed by atoms with Crippen molar-refractivity contribution in [3.05, 3.63) is 39.2 Å². The zero-order chi connectivity index (χ0) is 20.7. The minimum absolute atomic E-state index is 0.0143. The molecule has 0 spiro atoms. The second-order valence-electron chi connectivity index (χ2n) is 6.73. The first-order valence-electron chi connectivity index (χ1n) is 8.93. The lowest BCUT2D eigenvalue weighted by Gasteiger charge is -2.27. The lowest BCUT2D eigenvalue weighted by atomic mass is 10.2. The maximum absolute atomic E-state index is 11.7. The van der Waals surface area contributed by atoms with Crippen molar-refractivity contribution in [2.24, 2.45) is 5.10 Å². The Labute approximate surface area is 185 Å². The number of halogens is 2. The van der Waals surface area contributed by atoms with E-state index in [1.165, 1.54) is 11.3 Å². The third kappa shape index (κ3) is 3.66. The molecule has 3 aromatic rings. The topological polar surface area (TPSA) is 92.4 Å². The monoisotopic (exact) mass is 524 g/mol. The Morgan fingerprint density at radius 2 is 2.00 bits per heavy atom. The molecule has 2 aromatic heterocycles. The molecule has 1 atom stereocenters. The first kappa shape index (κ1) is 20.0. The van der Waals surface area contributed by atoms with Gasteiger partial charge in [-0.1, -0.05) is 11.6 Å². The van der Waals surface area contributed by atoms with E-state index in [9.17, 15) is 4.79 Å². The van der Waals surface area contributed by atoms with E-state index in [0.717, 1.165) is 20.3 Å². The van der Waals surface area contributed by atoms with Gasteiger partial charge in [-0.15, -0.1) is 0 Å². The Morgan fingerprint density at radius 3 is 2.76 bits per heavy atom. The molecule has 0 fully saturated rings. The molecule has 11 heteroatoms. The van der Waals surface area contributed by atoms with Crippen LogP contribution < -0.4 is 4.90 Å². The number of benzene rings is 1. The summed E-state index contributed by atoms with van der Waals surface area (Å²) >= 11 is 8.50. The number of amides is 1. The number of rotatable bonds is 3. The molecule has 0 saturated carbocycles. The molecule has 3 heterocycles. The number of fused-ring (bicyclic) bond motifs is 1. The van der Waals surface area contributed by atoms with Crippen LogP contribution in [0.4, 0.5) is 5.82 Å². The summed E-state index contributed by atoms with van der Waals surface area (Å²) in [6.45, 7) is 2.02. The van der Waals surface area contributed by atoms with Crippen LogP contribution in [0, 0.1) is 3.57 Å². The molecule has 9 nitrogen and oxygen atoms in total. The Kier molecular flexibility index (Phi) is 5.38. The van der Waals surface area contributed by atoms with E-state index < -0.39 is 0 Å². The van der Waals surface area contributed by atoms with Crippen molar-refractivity contribution in [1.82, 2.24) is 29.7 Å². The van der Waals surface area contributed by atoms with Crippen LogP contribution in [0.3, 0.4) is 0 Å². The fourth-order valence-corrected chi connectivity index (χ4v) is 4.43. The fraction of sp³-hybridized carbons (Fsp3) is 0.333. The molecule has 0 N–H and O–H groups in total. The molecule has 1 unspecified atom stereocenters. The number of anilines is 1. The van der Waals surface area contributed by atoms with Gasteiger partial charge in [0.05, 0.1) is 11.6 Å². The highest BCUT2D eigenvalue weighted by molar-refractivity contribution is 14.1. The van der Waals surface area contributed by atoms with Gasteiger partial charge in [0.2, 0.25) is 5.91 Å². The van der Waals surface area contributed by atoms with Crippen LogP contribution in [0.2, 0.25) is 5.02 Å². The van der Waals surface area contributed by atoms with Crippen LogP contribution in [0.15, 0.2) is 29.9 Å². The van der Waals surface area contributed by atoms with E-state index >= 15 is 0 Å². The molecule has 29 heavy (non-hydrogen) atoms. The second kappa shape index (κ2) is 7.82. The summed E-state index contributed by atoms with van der Waals surface area (Å²) in [7, 11) is 3.59. The van der Waals surface area contributed by atoms with Crippen LogP contribution in [0.1, 0.15) is 31.6 Å². The molecule has 0 radical (unpaired) electrons. The van der Waals surface area contributed by atoms with Gasteiger partial charge in [-0.25, -0.2) is 20.0 Å². The van der Waals surface area contributed by atoms with Gasteiger partial charge in [0, 0.05) is 40.9 Å². The van der Waals surface area contributed by atoms with Gasteiger partial charge in [0.15, 0.2) is 11.7 Å². The Morgan fingerprint density at radius 1 is 1.21 bits per heavy atom. The lowest BCUT2D eigenvalue weighted by molar-refractivity contribution is -0.130. The summed E-state index contributed by atoms with van der Waals surface area (Å²) in [5.74, 6) is 2.12. The maximum Gasteiger partial charge on any atom is 0.242 e. The van der Waals surface area contributed by atoms with Crippen molar-refractivity contribution in [3.8, 4) is 0 Å². The predicted octanol–water partition coefficient (Wildman–Crippen LogP) is 3.09. The van der Waals surface area contributed by atoms with Crippen LogP contribution in [-0.2, 0) is 4.79 Å². The highest BCUT2D eigenvalue weighted by Gasteiger charge is 2.26. The molecule has 1 aromatic carbocycles. The molecule has 1 aliphatic rings. The molecule has 150 valence electrons. The average molecular weight is 525 g/mol. The number of carbonyl (C=O) groups is 1. The summed E-state index contributed by atoms with van der Waals surface area (Å²) in [5, 5.41) is 11.5. The SMILES string of the molecule is CC(c1ncnn1C1=NN(C)C(=O)CC1)N(C)c1ncnc2c(I)cc(Cl)cc12. The van der Waals surface area contributed by atoms with E-state index in [0.29, 0.717) is 29.5 Å². The number of hydrogen-bond donors (Lipinski definition) is 0.